The number of esters is 2. The van der Waals surface area contributed by atoms with Crippen LogP contribution in [-0.4, -0.2) is 80.6 Å². The van der Waals surface area contributed by atoms with E-state index in [1.807, 2.05) is 21.1 Å². The number of carboxylic acid groups (broad SMARTS) is 1. The van der Waals surface area contributed by atoms with E-state index >= 15 is 0 Å². The number of quaternary nitrogens is 1. The number of carbonyl (C=O) groups is 3. The van der Waals surface area contributed by atoms with Crippen molar-refractivity contribution >= 4 is 17.9 Å². The Morgan fingerprint density at radius 2 is 0.914 bits per heavy atom. The monoisotopic (exact) mass is 813 g/mol. The van der Waals surface area contributed by atoms with Crippen molar-refractivity contribution in [2.45, 2.75) is 187 Å². The van der Waals surface area contributed by atoms with Crippen LogP contribution in [0.5, 0.6) is 0 Å². The van der Waals surface area contributed by atoms with Gasteiger partial charge in [-0.15, -0.1) is 0 Å². The van der Waals surface area contributed by atoms with Gasteiger partial charge in [0.15, 0.2) is 12.1 Å². The van der Waals surface area contributed by atoms with Crippen LogP contribution in [0, 0.1) is 0 Å². The Balaban J connectivity index is 4.35. The standard InChI is InChI=1S/C50H85NO7/c1-6-8-10-12-14-16-18-20-22-24-26-28-30-32-34-36-38-40-48(52)57-45-46(44-56-43-42-47(50(54)55)51(3,4)5)58-49(53)41-39-37-35-33-31-29-27-25-23-21-19-17-15-13-11-9-7-2/h8-11,14-17,20-23,46-47H,6-7,12-13,18-19,24-45H2,1-5H3/p+1/b10-8-,11-9-,16-14-,17-15-,22-20-,23-21-. The lowest BCUT2D eigenvalue weighted by atomic mass is 10.1. The zero-order valence-corrected chi connectivity index (χ0v) is 37.7. The third-order valence-corrected chi connectivity index (χ3v) is 9.85. The molecule has 8 nitrogen and oxygen atoms in total. The first-order valence-corrected chi connectivity index (χ1v) is 23.0. The number of likely N-dealkylation sites (N-methyl/N-ethyl adjacent to an activating group) is 1. The van der Waals surface area contributed by atoms with Crippen LogP contribution in [0.4, 0.5) is 0 Å². The number of allylic oxidation sites excluding steroid dienone is 12. The molecular weight excluding hydrogens is 727 g/mol. The summed E-state index contributed by atoms with van der Waals surface area (Å²) in [5.41, 5.74) is 0. The van der Waals surface area contributed by atoms with E-state index < -0.39 is 18.1 Å². The van der Waals surface area contributed by atoms with E-state index in [4.69, 9.17) is 14.2 Å². The lowest BCUT2D eigenvalue weighted by Gasteiger charge is -2.31. The smallest absolute Gasteiger partial charge is 0.362 e. The fourth-order valence-electron chi connectivity index (χ4n) is 6.35. The van der Waals surface area contributed by atoms with Crippen LogP contribution in [0.15, 0.2) is 72.9 Å². The molecule has 2 unspecified atom stereocenters. The Morgan fingerprint density at radius 3 is 1.34 bits per heavy atom. The first-order valence-electron chi connectivity index (χ1n) is 23.0. The Bertz CT molecular complexity index is 1180. The molecule has 332 valence electrons. The molecule has 2 atom stereocenters. The molecule has 0 fully saturated rings. The van der Waals surface area contributed by atoms with Gasteiger partial charge in [-0.2, -0.15) is 0 Å². The number of aliphatic carboxylic acids is 1. The van der Waals surface area contributed by atoms with Crippen LogP contribution >= 0.6 is 0 Å². The van der Waals surface area contributed by atoms with Crippen molar-refractivity contribution in [3.8, 4) is 0 Å². The minimum atomic E-state index is -0.881. The second kappa shape index (κ2) is 40.5. The molecule has 0 aliphatic carbocycles. The maximum absolute atomic E-state index is 12.7. The summed E-state index contributed by atoms with van der Waals surface area (Å²) in [4.78, 5) is 37.0. The van der Waals surface area contributed by atoms with Crippen LogP contribution in [0.3, 0.4) is 0 Å². The third-order valence-electron chi connectivity index (χ3n) is 9.85. The lowest BCUT2D eigenvalue weighted by Crippen LogP contribution is -2.50. The first kappa shape index (κ1) is 54.8. The molecule has 0 aliphatic heterocycles. The molecule has 0 heterocycles. The highest BCUT2D eigenvalue weighted by atomic mass is 16.6. The Morgan fingerprint density at radius 1 is 0.517 bits per heavy atom. The van der Waals surface area contributed by atoms with Crippen LogP contribution in [0.2, 0.25) is 0 Å². The van der Waals surface area contributed by atoms with Gasteiger partial charge in [0.05, 0.1) is 34.4 Å². The molecule has 58 heavy (non-hydrogen) atoms. The zero-order valence-electron chi connectivity index (χ0n) is 37.7. The molecule has 0 aliphatic rings. The highest BCUT2D eigenvalue weighted by molar-refractivity contribution is 5.72. The van der Waals surface area contributed by atoms with Crippen LogP contribution in [-0.2, 0) is 28.6 Å². The fraction of sp³-hybridized carbons (Fsp3) is 0.700. The molecule has 1 N–H and O–H groups in total. The number of nitrogens with zero attached hydrogens (tertiary/aromatic N) is 1. The number of unbranched alkanes of at least 4 members (excludes halogenated alkanes) is 14. The highest BCUT2D eigenvalue weighted by Crippen LogP contribution is 2.14. The summed E-state index contributed by atoms with van der Waals surface area (Å²) >= 11 is 0. The fourth-order valence-corrected chi connectivity index (χ4v) is 6.35. The molecule has 0 saturated heterocycles. The molecule has 8 heteroatoms. The highest BCUT2D eigenvalue weighted by Gasteiger charge is 2.31. The van der Waals surface area contributed by atoms with Gasteiger partial charge < -0.3 is 23.8 Å². The summed E-state index contributed by atoms with van der Waals surface area (Å²) in [5.74, 6) is -1.50. The molecule has 0 aromatic rings. The Kier molecular flexibility index (Phi) is 38.3. The zero-order chi connectivity index (χ0) is 42.8. The van der Waals surface area contributed by atoms with Crippen molar-refractivity contribution in [3.05, 3.63) is 72.9 Å². The summed E-state index contributed by atoms with van der Waals surface area (Å²) in [5, 5.41) is 9.63. The Labute approximate surface area is 355 Å². The van der Waals surface area contributed by atoms with Gasteiger partial charge in [0, 0.05) is 19.3 Å². The maximum atomic E-state index is 12.7. The van der Waals surface area contributed by atoms with Gasteiger partial charge in [-0.1, -0.05) is 151 Å². The van der Waals surface area contributed by atoms with Gasteiger partial charge in [0.2, 0.25) is 0 Å². The molecule has 0 aromatic heterocycles. The van der Waals surface area contributed by atoms with Gasteiger partial charge in [-0.05, 0) is 77.0 Å². The van der Waals surface area contributed by atoms with Gasteiger partial charge >= 0.3 is 17.9 Å². The Hall–Kier alpha value is -3.23. The normalized spacial score (nSPS) is 13.6. The number of carbonyl (C=O) groups excluding carboxylic acids is 2. The average molecular weight is 813 g/mol. The molecule has 0 amide bonds. The van der Waals surface area contributed by atoms with Crippen LogP contribution in [0.1, 0.15) is 174 Å². The van der Waals surface area contributed by atoms with E-state index in [9.17, 15) is 19.5 Å². The van der Waals surface area contributed by atoms with Crippen molar-refractivity contribution in [1.82, 2.24) is 0 Å². The second-order valence-corrected chi connectivity index (χ2v) is 16.2. The summed E-state index contributed by atoms with van der Waals surface area (Å²) in [6, 6.07) is -0.621. The summed E-state index contributed by atoms with van der Waals surface area (Å²) in [7, 11) is 5.52. The van der Waals surface area contributed by atoms with Crippen LogP contribution in [0.25, 0.3) is 0 Å². The molecule has 0 spiro atoms. The summed E-state index contributed by atoms with van der Waals surface area (Å²) < 4.78 is 17.3. The van der Waals surface area contributed by atoms with Crippen molar-refractivity contribution in [2.75, 3.05) is 41.0 Å². The van der Waals surface area contributed by atoms with E-state index in [2.05, 4.69) is 86.8 Å². The third kappa shape index (κ3) is 38.3. The molecule has 0 saturated carbocycles. The van der Waals surface area contributed by atoms with Gasteiger partial charge in [-0.3, -0.25) is 9.59 Å². The van der Waals surface area contributed by atoms with E-state index in [0.29, 0.717) is 19.3 Å². The molecule has 0 radical (unpaired) electrons. The minimum absolute atomic E-state index is 0.0504. The van der Waals surface area contributed by atoms with E-state index in [1.165, 1.54) is 44.9 Å². The van der Waals surface area contributed by atoms with Crippen molar-refractivity contribution in [1.29, 1.82) is 0 Å². The van der Waals surface area contributed by atoms with Crippen LogP contribution < -0.4 is 0 Å². The number of carboxylic acids is 1. The maximum Gasteiger partial charge on any atom is 0.362 e. The molecule has 0 aromatic carbocycles. The number of rotatable bonds is 40. The largest absolute Gasteiger partial charge is 0.477 e. The van der Waals surface area contributed by atoms with Gasteiger partial charge in [-0.25, -0.2) is 4.79 Å². The second-order valence-electron chi connectivity index (χ2n) is 16.2. The number of hydrogen-bond acceptors (Lipinski definition) is 6. The lowest BCUT2D eigenvalue weighted by molar-refractivity contribution is -0.887. The molecule has 0 rings (SSSR count). The number of ether oxygens (including phenoxy) is 3. The molecule has 0 bridgehead atoms. The molecular formula is C50H86NO7+. The van der Waals surface area contributed by atoms with E-state index in [0.717, 1.165) is 96.3 Å². The summed E-state index contributed by atoms with van der Waals surface area (Å²) in [6.45, 7) is 4.49. The number of hydrogen-bond donors (Lipinski definition) is 1. The first-order chi connectivity index (χ1) is 28.1. The van der Waals surface area contributed by atoms with Gasteiger partial charge in [0.25, 0.3) is 0 Å². The minimum Gasteiger partial charge on any atom is -0.477 e. The quantitative estimate of drug-likeness (QED) is 0.0285. The van der Waals surface area contributed by atoms with Crippen molar-refractivity contribution < 1.29 is 38.2 Å². The van der Waals surface area contributed by atoms with Crippen molar-refractivity contribution in [3.63, 3.8) is 0 Å². The van der Waals surface area contributed by atoms with E-state index in [-0.39, 0.29) is 36.2 Å². The van der Waals surface area contributed by atoms with Gasteiger partial charge in [0.1, 0.15) is 6.61 Å². The predicted molar refractivity (Wildman–Crippen MR) is 243 cm³/mol. The average Bonchev–Trinajstić information content (AvgIpc) is 3.18. The van der Waals surface area contributed by atoms with Crippen molar-refractivity contribution in [2.24, 2.45) is 0 Å². The topological polar surface area (TPSA) is 99.1 Å². The summed E-state index contributed by atoms with van der Waals surface area (Å²) in [6.07, 6.45) is 50.8. The van der Waals surface area contributed by atoms with E-state index in [1.54, 1.807) is 0 Å². The predicted octanol–water partition coefficient (Wildman–Crippen LogP) is 12.7. The SMILES string of the molecule is CC/C=C\C/C=C\C/C=C\CCCCCCCCCC(=O)OCC(COCCC(C(=O)O)[N+](C)(C)C)OC(=O)CCCCCCCCC/C=C\C/C=C\C/C=C\CC.